The van der Waals surface area contributed by atoms with E-state index in [2.05, 4.69) is 10.1 Å². The largest absolute Gasteiger partial charge is 0.334 e. The van der Waals surface area contributed by atoms with E-state index in [9.17, 15) is 4.39 Å². The van der Waals surface area contributed by atoms with E-state index in [0.717, 1.165) is 25.7 Å². The number of hydrogen-bond acceptors (Lipinski definition) is 4. The fourth-order valence-electron chi connectivity index (χ4n) is 2.45. The molecule has 0 atom stereocenters. The molecular weight excluding hydrogens is 304 g/mol. The summed E-state index contributed by atoms with van der Waals surface area (Å²) in [6, 6.07) is 2.49. The average molecular weight is 316 g/mol. The highest BCUT2D eigenvalue weighted by atomic mass is 35.5. The molecule has 1 aromatic heterocycles. The fraction of sp³-hybridized carbons (Fsp3) is 0.385. The third-order valence-corrected chi connectivity index (χ3v) is 4.21. The Morgan fingerprint density at radius 3 is 2.60 bits per heavy atom. The van der Waals surface area contributed by atoms with Gasteiger partial charge in [-0.3, -0.25) is 0 Å². The number of halogens is 3. The standard InChI is InChI=1S/C13H12Cl2FN3O/c14-8-6-9(15)10(16)5-7(8)11-18-12(19-20-11)13(17)3-1-2-4-13/h5-6H,1-4,17H2. The van der Waals surface area contributed by atoms with Crippen LogP contribution < -0.4 is 5.73 Å². The molecule has 0 aliphatic heterocycles. The summed E-state index contributed by atoms with van der Waals surface area (Å²) in [5, 5.41) is 4.12. The Hall–Kier alpha value is -1.17. The van der Waals surface area contributed by atoms with Crippen molar-refractivity contribution < 1.29 is 8.91 Å². The molecule has 2 aromatic rings. The molecular formula is C13H12Cl2FN3O. The average Bonchev–Trinajstić information content (AvgIpc) is 3.03. The first-order chi connectivity index (χ1) is 9.49. The van der Waals surface area contributed by atoms with Crippen LogP contribution in [-0.4, -0.2) is 10.1 Å². The van der Waals surface area contributed by atoms with Gasteiger partial charge in [0, 0.05) is 0 Å². The Bertz CT molecular complexity index is 653. The molecule has 0 saturated heterocycles. The summed E-state index contributed by atoms with van der Waals surface area (Å²) < 4.78 is 18.7. The molecule has 1 fully saturated rings. The molecule has 0 amide bonds. The van der Waals surface area contributed by atoms with Crippen LogP contribution in [-0.2, 0) is 5.54 Å². The molecule has 1 aliphatic carbocycles. The molecule has 20 heavy (non-hydrogen) atoms. The maximum atomic E-state index is 13.5. The lowest BCUT2D eigenvalue weighted by Gasteiger charge is -2.17. The first-order valence-corrected chi connectivity index (χ1v) is 7.03. The minimum absolute atomic E-state index is 0.0513. The van der Waals surface area contributed by atoms with Crippen LogP contribution >= 0.6 is 23.2 Å². The van der Waals surface area contributed by atoms with E-state index < -0.39 is 11.4 Å². The zero-order chi connectivity index (χ0) is 14.3. The Kier molecular flexibility index (Phi) is 3.44. The van der Waals surface area contributed by atoms with Crippen LogP contribution in [0.4, 0.5) is 4.39 Å². The second kappa shape index (κ2) is 4.98. The molecule has 1 saturated carbocycles. The summed E-state index contributed by atoms with van der Waals surface area (Å²) in [4.78, 5) is 4.27. The highest BCUT2D eigenvalue weighted by Gasteiger charge is 2.36. The molecule has 0 bridgehead atoms. The zero-order valence-corrected chi connectivity index (χ0v) is 12.0. The van der Waals surface area contributed by atoms with Crippen LogP contribution in [0.3, 0.4) is 0 Å². The lowest BCUT2D eigenvalue weighted by atomic mass is 9.99. The highest BCUT2D eigenvalue weighted by Crippen LogP contribution is 2.37. The van der Waals surface area contributed by atoms with Gasteiger partial charge < -0.3 is 10.3 Å². The second-order valence-corrected chi connectivity index (χ2v) is 5.85. The van der Waals surface area contributed by atoms with E-state index in [1.807, 2.05) is 0 Å². The van der Waals surface area contributed by atoms with Crippen molar-refractivity contribution >= 4 is 23.2 Å². The van der Waals surface area contributed by atoms with Crippen LogP contribution in [0, 0.1) is 5.82 Å². The fourth-order valence-corrected chi connectivity index (χ4v) is 2.92. The Morgan fingerprint density at radius 1 is 1.20 bits per heavy atom. The van der Waals surface area contributed by atoms with E-state index in [4.69, 9.17) is 33.5 Å². The van der Waals surface area contributed by atoms with Gasteiger partial charge >= 0.3 is 0 Å². The maximum absolute atomic E-state index is 13.5. The van der Waals surface area contributed by atoms with Gasteiger partial charge in [0.25, 0.3) is 5.89 Å². The summed E-state index contributed by atoms with van der Waals surface area (Å²) >= 11 is 11.7. The lowest BCUT2D eigenvalue weighted by molar-refractivity contribution is 0.372. The minimum atomic E-state index is -0.589. The Balaban J connectivity index is 2.00. The monoisotopic (exact) mass is 315 g/mol. The topological polar surface area (TPSA) is 64.9 Å². The summed E-state index contributed by atoms with van der Waals surface area (Å²) in [6.07, 6.45) is 3.71. The number of nitrogens with zero attached hydrogens (tertiary/aromatic N) is 2. The molecule has 0 radical (unpaired) electrons. The third-order valence-electron chi connectivity index (χ3n) is 3.61. The predicted octanol–water partition coefficient (Wildman–Crippen LogP) is 3.91. The van der Waals surface area contributed by atoms with Gasteiger partial charge in [-0.15, -0.1) is 0 Å². The molecule has 106 valence electrons. The van der Waals surface area contributed by atoms with Gasteiger partial charge in [-0.1, -0.05) is 41.2 Å². The molecule has 1 heterocycles. The van der Waals surface area contributed by atoms with Gasteiger partial charge in [-0.25, -0.2) is 4.39 Å². The van der Waals surface area contributed by atoms with Crippen LogP contribution in [0.1, 0.15) is 31.5 Å². The van der Waals surface area contributed by atoms with Crippen LogP contribution in [0.2, 0.25) is 10.0 Å². The molecule has 1 aliphatic rings. The molecule has 0 spiro atoms. The lowest BCUT2D eigenvalue weighted by Crippen LogP contribution is -2.34. The molecule has 3 rings (SSSR count). The molecule has 7 heteroatoms. The van der Waals surface area contributed by atoms with E-state index >= 15 is 0 Å². The third kappa shape index (κ3) is 2.30. The van der Waals surface area contributed by atoms with Crippen LogP contribution in [0.25, 0.3) is 11.5 Å². The van der Waals surface area contributed by atoms with Crippen molar-refractivity contribution in [3.63, 3.8) is 0 Å². The van der Waals surface area contributed by atoms with Gasteiger partial charge in [-0.05, 0) is 25.0 Å². The van der Waals surface area contributed by atoms with Crippen LogP contribution in [0.5, 0.6) is 0 Å². The Labute approximate surface area is 125 Å². The number of rotatable bonds is 2. The van der Waals surface area contributed by atoms with Gasteiger partial charge in [0.2, 0.25) is 0 Å². The smallest absolute Gasteiger partial charge is 0.259 e. The van der Waals surface area contributed by atoms with Gasteiger partial charge in [0.05, 0.1) is 21.1 Å². The van der Waals surface area contributed by atoms with Crippen molar-refractivity contribution in [2.24, 2.45) is 5.73 Å². The Morgan fingerprint density at radius 2 is 1.90 bits per heavy atom. The zero-order valence-electron chi connectivity index (χ0n) is 10.5. The van der Waals surface area contributed by atoms with E-state index in [1.165, 1.54) is 12.1 Å². The summed E-state index contributed by atoms with van der Waals surface area (Å²) in [5.74, 6) is 0.00265. The molecule has 0 unspecified atom stereocenters. The molecule has 1 aromatic carbocycles. The van der Waals surface area contributed by atoms with Gasteiger partial charge in [0.1, 0.15) is 5.82 Å². The number of nitrogens with two attached hydrogens (primary N) is 1. The number of hydrogen-bond donors (Lipinski definition) is 1. The van der Waals surface area contributed by atoms with E-state index in [0.29, 0.717) is 11.4 Å². The quantitative estimate of drug-likeness (QED) is 0.853. The summed E-state index contributed by atoms with van der Waals surface area (Å²) in [6.45, 7) is 0. The number of aromatic nitrogens is 2. The van der Waals surface area contributed by atoms with Gasteiger partial charge in [-0.2, -0.15) is 4.98 Å². The van der Waals surface area contributed by atoms with E-state index in [-0.39, 0.29) is 15.9 Å². The SMILES string of the molecule is NC1(c2noc(-c3cc(F)c(Cl)cc3Cl)n2)CCCC1. The number of benzene rings is 1. The van der Waals surface area contributed by atoms with Crippen molar-refractivity contribution in [3.05, 3.63) is 33.8 Å². The minimum Gasteiger partial charge on any atom is -0.334 e. The van der Waals surface area contributed by atoms with Crippen molar-refractivity contribution in [1.82, 2.24) is 10.1 Å². The maximum Gasteiger partial charge on any atom is 0.259 e. The predicted molar refractivity (Wildman–Crippen MR) is 74.0 cm³/mol. The van der Waals surface area contributed by atoms with Crippen LogP contribution in [0.15, 0.2) is 16.7 Å². The van der Waals surface area contributed by atoms with E-state index in [1.54, 1.807) is 0 Å². The van der Waals surface area contributed by atoms with Crippen molar-refractivity contribution in [2.45, 2.75) is 31.2 Å². The highest BCUT2D eigenvalue weighted by molar-refractivity contribution is 6.36. The van der Waals surface area contributed by atoms with Crippen molar-refractivity contribution in [2.75, 3.05) is 0 Å². The second-order valence-electron chi connectivity index (χ2n) is 5.03. The normalized spacial score (nSPS) is 17.6. The summed E-state index contributed by atoms with van der Waals surface area (Å²) in [7, 11) is 0. The first kappa shape index (κ1) is 13.8. The molecule has 4 nitrogen and oxygen atoms in total. The van der Waals surface area contributed by atoms with Crippen molar-refractivity contribution in [1.29, 1.82) is 0 Å². The molecule has 2 N–H and O–H groups in total. The first-order valence-electron chi connectivity index (χ1n) is 6.27. The van der Waals surface area contributed by atoms with Gasteiger partial charge in [0.15, 0.2) is 5.82 Å². The summed E-state index contributed by atoms with van der Waals surface area (Å²) in [5.41, 5.74) is 6.01. The van der Waals surface area contributed by atoms with Crippen molar-refractivity contribution in [3.8, 4) is 11.5 Å².